The Balaban J connectivity index is 1.86. The second-order valence-corrected chi connectivity index (χ2v) is 7.60. The molecular weight excluding hydrogens is 288 g/mol. The van der Waals surface area contributed by atoms with E-state index in [0.717, 1.165) is 38.0 Å². The van der Waals surface area contributed by atoms with Gasteiger partial charge in [-0.05, 0) is 32.3 Å². The molecule has 0 aromatic carbocycles. The molecule has 120 valence electrons. The standard InChI is InChI=1S/C14H26N4O2S/c1-4-12-10-14(18(5-2)16-12)11-15-13-6-8-17(9-7-13)21(3,19)20/h10,13,15H,4-9,11H2,1-3H3. The van der Waals surface area contributed by atoms with Crippen LogP contribution in [-0.2, 0) is 29.5 Å². The summed E-state index contributed by atoms with van der Waals surface area (Å²) in [6.45, 7) is 7.11. The zero-order valence-electron chi connectivity index (χ0n) is 13.2. The molecular formula is C14H26N4O2S. The normalized spacial score (nSPS) is 18.2. The molecule has 21 heavy (non-hydrogen) atoms. The Morgan fingerprint density at radius 3 is 2.52 bits per heavy atom. The molecule has 1 N–H and O–H groups in total. The Labute approximate surface area is 127 Å². The monoisotopic (exact) mass is 314 g/mol. The second-order valence-electron chi connectivity index (χ2n) is 5.61. The molecule has 0 amide bonds. The molecule has 0 saturated carbocycles. The van der Waals surface area contributed by atoms with Gasteiger partial charge in [0.05, 0.1) is 17.6 Å². The highest BCUT2D eigenvalue weighted by Crippen LogP contribution is 2.14. The van der Waals surface area contributed by atoms with E-state index in [-0.39, 0.29) is 0 Å². The zero-order valence-corrected chi connectivity index (χ0v) is 14.0. The van der Waals surface area contributed by atoms with Gasteiger partial charge in [-0.3, -0.25) is 4.68 Å². The minimum atomic E-state index is -3.04. The molecule has 7 heteroatoms. The molecule has 0 spiro atoms. The number of nitrogens with zero attached hydrogens (tertiary/aromatic N) is 3. The van der Waals surface area contributed by atoms with Gasteiger partial charge in [0.15, 0.2) is 0 Å². The van der Waals surface area contributed by atoms with E-state index in [2.05, 4.69) is 30.3 Å². The summed E-state index contributed by atoms with van der Waals surface area (Å²) in [6.07, 6.45) is 3.97. The van der Waals surface area contributed by atoms with Crippen molar-refractivity contribution >= 4 is 10.0 Å². The van der Waals surface area contributed by atoms with Crippen molar-refractivity contribution in [2.24, 2.45) is 0 Å². The summed E-state index contributed by atoms with van der Waals surface area (Å²) in [6, 6.07) is 2.54. The molecule has 1 saturated heterocycles. The van der Waals surface area contributed by atoms with Crippen molar-refractivity contribution in [1.29, 1.82) is 0 Å². The van der Waals surface area contributed by atoms with Crippen molar-refractivity contribution in [3.63, 3.8) is 0 Å². The first-order chi connectivity index (χ1) is 9.94. The number of hydrogen-bond donors (Lipinski definition) is 1. The first kappa shape index (κ1) is 16.5. The summed E-state index contributed by atoms with van der Waals surface area (Å²) < 4.78 is 26.6. The molecule has 1 aromatic rings. The SMILES string of the molecule is CCc1cc(CNC2CCN(S(C)(=O)=O)CC2)n(CC)n1. The molecule has 6 nitrogen and oxygen atoms in total. The Morgan fingerprint density at radius 1 is 1.33 bits per heavy atom. The van der Waals surface area contributed by atoms with Crippen LogP contribution in [-0.4, -0.2) is 47.9 Å². The van der Waals surface area contributed by atoms with Crippen LogP contribution in [0.3, 0.4) is 0 Å². The maximum Gasteiger partial charge on any atom is 0.211 e. The third-order valence-corrected chi connectivity index (χ3v) is 5.37. The van der Waals surface area contributed by atoms with E-state index in [0.29, 0.717) is 19.1 Å². The number of piperidine rings is 1. The van der Waals surface area contributed by atoms with Crippen LogP contribution < -0.4 is 5.32 Å². The maximum atomic E-state index is 11.5. The van der Waals surface area contributed by atoms with Crippen molar-refractivity contribution in [1.82, 2.24) is 19.4 Å². The Bertz CT molecular complexity index is 560. The number of nitrogens with one attached hydrogen (secondary N) is 1. The summed E-state index contributed by atoms with van der Waals surface area (Å²) in [5, 5.41) is 8.08. The Hall–Kier alpha value is -0.920. The topological polar surface area (TPSA) is 67.2 Å². The molecule has 0 atom stereocenters. The third-order valence-electron chi connectivity index (χ3n) is 4.07. The van der Waals surface area contributed by atoms with Crippen LogP contribution in [0.2, 0.25) is 0 Å². The molecule has 0 aliphatic carbocycles. The average molecular weight is 314 g/mol. The zero-order chi connectivity index (χ0) is 15.5. The lowest BCUT2D eigenvalue weighted by molar-refractivity contribution is 0.288. The lowest BCUT2D eigenvalue weighted by Crippen LogP contribution is -2.44. The van der Waals surface area contributed by atoms with E-state index in [1.54, 1.807) is 4.31 Å². The molecule has 1 aliphatic rings. The largest absolute Gasteiger partial charge is 0.308 e. The summed E-state index contributed by atoms with van der Waals surface area (Å²) in [5.41, 5.74) is 2.33. The Kier molecular flexibility index (Phi) is 5.40. The molecule has 1 aromatic heterocycles. The summed E-state index contributed by atoms with van der Waals surface area (Å²) >= 11 is 0. The fourth-order valence-electron chi connectivity index (χ4n) is 2.74. The number of hydrogen-bond acceptors (Lipinski definition) is 4. The molecule has 0 unspecified atom stereocenters. The van der Waals surface area contributed by atoms with Gasteiger partial charge in [-0.15, -0.1) is 0 Å². The highest BCUT2D eigenvalue weighted by Gasteiger charge is 2.24. The van der Waals surface area contributed by atoms with E-state index in [9.17, 15) is 8.42 Å². The molecule has 2 heterocycles. The fraction of sp³-hybridized carbons (Fsp3) is 0.786. The smallest absolute Gasteiger partial charge is 0.211 e. The predicted octanol–water partition coefficient (Wildman–Crippen LogP) is 0.979. The van der Waals surface area contributed by atoms with Gasteiger partial charge in [0.2, 0.25) is 10.0 Å². The molecule has 0 bridgehead atoms. The number of aromatic nitrogens is 2. The molecule has 1 aliphatic heterocycles. The van der Waals surface area contributed by atoms with Crippen molar-refractivity contribution in [3.8, 4) is 0 Å². The van der Waals surface area contributed by atoms with Gasteiger partial charge >= 0.3 is 0 Å². The first-order valence-corrected chi connectivity index (χ1v) is 9.53. The van der Waals surface area contributed by atoms with Gasteiger partial charge in [0, 0.05) is 32.2 Å². The van der Waals surface area contributed by atoms with Gasteiger partial charge in [0.25, 0.3) is 0 Å². The van der Waals surface area contributed by atoms with Gasteiger partial charge in [-0.25, -0.2) is 12.7 Å². The van der Waals surface area contributed by atoms with Gasteiger partial charge < -0.3 is 5.32 Å². The minimum absolute atomic E-state index is 0.383. The van der Waals surface area contributed by atoms with Crippen LogP contribution in [0.4, 0.5) is 0 Å². The van der Waals surface area contributed by atoms with Crippen molar-refractivity contribution in [3.05, 3.63) is 17.5 Å². The van der Waals surface area contributed by atoms with Crippen LogP contribution >= 0.6 is 0 Å². The van der Waals surface area contributed by atoms with Crippen molar-refractivity contribution in [2.75, 3.05) is 19.3 Å². The third kappa shape index (κ3) is 4.28. The summed E-state index contributed by atoms with van der Waals surface area (Å²) in [5.74, 6) is 0. The number of rotatable bonds is 6. The maximum absolute atomic E-state index is 11.5. The van der Waals surface area contributed by atoms with E-state index >= 15 is 0 Å². The number of sulfonamides is 1. The molecule has 2 rings (SSSR count). The summed E-state index contributed by atoms with van der Waals surface area (Å²) in [4.78, 5) is 0. The van der Waals surface area contributed by atoms with Crippen LogP contribution in [0.15, 0.2) is 6.07 Å². The first-order valence-electron chi connectivity index (χ1n) is 7.68. The van der Waals surface area contributed by atoms with E-state index < -0.39 is 10.0 Å². The van der Waals surface area contributed by atoms with Crippen LogP contribution in [0.25, 0.3) is 0 Å². The number of aryl methyl sites for hydroxylation is 2. The lowest BCUT2D eigenvalue weighted by Gasteiger charge is -2.30. The van der Waals surface area contributed by atoms with Gasteiger partial charge in [-0.2, -0.15) is 5.10 Å². The van der Waals surface area contributed by atoms with E-state index in [4.69, 9.17) is 0 Å². The van der Waals surface area contributed by atoms with Crippen LogP contribution in [0, 0.1) is 0 Å². The highest BCUT2D eigenvalue weighted by atomic mass is 32.2. The van der Waals surface area contributed by atoms with Gasteiger partial charge in [-0.1, -0.05) is 6.92 Å². The highest BCUT2D eigenvalue weighted by molar-refractivity contribution is 7.88. The van der Waals surface area contributed by atoms with E-state index in [1.165, 1.54) is 11.9 Å². The second kappa shape index (κ2) is 6.89. The molecule has 0 radical (unpaired) electrons. The van der Waals surface area contributed by atoms with Crippen molar-refractivity contribution in [2.45, 2.75) is 52.2 Å². The molecule has 1 fully saturated rings. The van der Waals surface area contributed by atoms with Gasteiger partial charge in [0.1, 0.15) is 0 Å². The van der Waals surface area contributed by atoms with Crippen molar-refractivity contribution < 1.29 is 8.42 Å². The fourth-order valence-corrected chi connectivity index (χ4v) is 3.62. The predicted molar refractivity (Wildman–Crippen MR) is 83.6 cm³/mol. The Morgan fingerprint density at radius 2 is 2.00 bits per heavy atom. The average Bonchev–Trinajstić information content (AvgIpc) is 2.87. The minimum Gasteiger partial charge on any atom is -0.308 e. The summed E-state index contributed by atoms with van der Waals surface area (Å²) in [7, 11) is -3.04. The van der Waals surface area contributed by atoms with Crippen LogP contribution in [0.1, 0.15) is 38.1 Å². The van der Waals surface area contributed by atoms with E-state index in [1.807, 2.05) is 4.68 Å². The quantitative estimate of drug-likeness (QED) is 0.850. The lowest BCUT2D eigenvalue weighted by atomic mass is 10.1. The van der Waals surface area contributed by atoms with Crippen LogP contribution in [0.5, 0.6) is 0 Å².